The Bertz CT molecular complexity index is 207. The Balaban J connectivity index is 4.45. The second-order valence-electron chi connectivity index (χ2n) is 1.64. The second-order valence-corrected chi connectivity index (χ2v) is 2.33. The number of ether oxygens (including phenoxy) is 2. The van der Waals surface area contributed by atoms with Crippen molar-refractivity contribution in [3.63, 3.8) is 0 Å². The van der Waals surface area contributed by atoms with Crippen molar-refractivity contribution in [3.05, 3.63) is 10.4 Å². The van der Waals surface area contributed by atoms with Gasteiger partial charge < -0.3 is 9.47 Å². The van der Waals surface area contributed by atoms with Gasteiger partial charge in [0.05, 0.1) is 0 Å². The van der Waals surface area contributed by atoms with E-state index in [2.05, 4.69) is 32.7 Å². The molecule has 0 N–H and O–H groups in total. The smallest absolute Gasteiger partial charge is 0.389 e. The molecule has 0 spiro atoms. The molecule has 0 aromatic rings. The highest BCUT2D eigenvalue weighted by Gasteiger charge is 2.37. The second kappa shape index (κ2) is 4.35. The van der Waals surface area contributed by atoms with Crippen LogP contribution in [0.2, 0.25) is 0 Å². The SMILES string of the molecule is FC(F)(F)O/C(Cl)=C(\Cl)OC(F)(F)F. The predicted molar refractivity (Wildman–Crippen MR) is 33.0 cm³/mol. The van der Waals surface area contributed by atoms with Crippen molar-refractivity contribution in [2.45, 2.75) is 12.7 Å². The molecule has 0 saturated carbocycles. The van der Waals surface area contributed by atoms with Crippen LogP contribution < -0.4 is 0 Å². The van der Waals surface area contributed by atoms with Crippen molar-refractivity contribution >= 4 is 23.2 Å². The summed E-state index contributed by atoms with van der Waals surface area (Å²) in [6.07, 6.45) is -10.5. The highest BCUT2D eigenvalue weighted by molar-refractivity contribution is 6.37. The molecule has 0 aromatic carbocycles. The van der Waals surface area contributed by atoms with Crippen LogP contribution in [0.4, 0.5) is 26.3 Å². The molecule has 0 rings (SSSR count). The summed E-state index contributed by atoms with van der Waals surface area (Å²) in [7, 11) is 0. The van der Waals surface area contributed by atoms with Gasteiger partial charge in [0.15, 0.2) is 0 Å². The lowest BCUT2D eigenvalue weighted by atomic mass is 11.0. The molecule has 0 aromatic heterocycles. The lowest BCUT2D eigenvalue weighted by Crippen LogP contribution is -2.15. The first-order valence-corrected chi connectivity index (χ1v) is 3.33. The minimum atomic E-state index is -5.24. The molecule has 0 aliphatic heterocycles. The fourth-order valence-electron chi connectivity index (χ4n) is 0.283. The van der Waals surface area contributed by atoms with E-state index in [1.807, 2.05) is 0 Å². The van der Waals surface area contributed by atoms with E-state index >= 15 is 0 Å². The Morgan fingerprint density at radius 2 is 0.929 bits per heavy atom. The van der Waals surface area contributed by atoms with Gasteiger partial charge in [0.25, 0.3) is 10.4 Å². The van der Waals surface area contributed by atoms with Crippen molar-refractivity contribution < 1.29 is 35.8 Å². The zero-order valence-electron chi connectivity index (χ0n) is 5.84. The average Bonchev–Trinajstić information content (AvgIpc) is 1.78. The summed E-state index contributed by atoms with van der Waals surface area (Å²) >= 11 is 9.20. The van der Waals surface area contributed by atoms with E-state index in [4.69, 9.17) is 0 Å². The van der Waals surface area contributed by atoms with Crippen molar-refractivity contribution in [2.24, 2.45) is 0 Å². The Morgan fingerprint density at radius 1 is 0.714 bits per heavy atom. The summed E-state index contributed by atoms with van der Waals surface area (Å²) in [4.78, 5) is 0. The van der Waals surface area contributed by atoms with Gasteiger partial charge in [-0.25, -0.2) is 0 Å². The van der Waals surface area contributed by atoms with Gasteiger partial charge in [-0.1, -0.05) is 0 Å². The molecule has 0 saturated heterocycles. The highest BCUT2D eigenvalue weighted by atomic mass is 35.5. The normalized spacial score (nSPS) is 14.9. The van der Waals surface area contributed by atoms with Gasteiger partial charge >= 0.3 is 12.7 Å². The molecule has 0 radical (unpaired) electrons. The summed E-state index contributed by atoms with van der Waals surface area (Å²) in [6.45, 7) is 0. The van der Waals surface area contributed by atoms with Gasteiger partial charge in [0, 0.05) is 0 Å². The molecule has 0 amide bonds. The van der Waals surface area contributed by atoms with E-state index < -0.39 is 23.2 Å². The van der Waals surface area contributed by atoms with Crippen molar-refractivity contribution in [2.75, 3.05) is 0 Å². The topological polar surface area (TPSA) is 18.5 Å². The number of hydrogen-bond donors (Lipinski definition) is 0. The van der Waals surface area contributed by atoms with Crippen LogP contribution in [0.25, 0.3) is 0 Å². The van der Waals surface area contributed by atoms with Gasteiger partial charge in [0.2, 0.25) is 0 Å². The van der Waals surface area contributed by atoms with Crippen LogP contribution in [0.5, 0.6) is 0 Å². The summed E-state index contributed by atoms with van der Waals surface area (Å²) in [6, 6.07) is 0. The van der Waals surface area contributed by atoms with Gasteiger partial charge in [-0.15, -0.1) is 26.3 Å². The van der Waals surface area contributed by atoms with E-state index in [0.717, 1.165) is 0 Å². The van der Waals surface area contributed by atoms with Gasteiger partial charge in [-0.05, 0) is 23.2 Å². The molecular formula is C4Cl2F6O2. The first kappa shape index (κ1) is 13.5. The molecule has 84 valence electrons. The first-order chi connectivity index (χ1) is 6.01. The Morgan fingerprint density at radius 3 is 1.07 bits per heavy atom. The standard InChI is InChI=1S/C4Cl2F6O2/c5-1(13-3(7,8)9)2(6)14-4(10,11)12/b2-1+. The van der Waals surface area contributed by atoms with Gasteiger partial charge in [-0.3, -0.25) is 0 Å². The molecule has 2 nitrogen and oxygen atoms in total. The van der Waals surface area contributed by atoms with Crippen LogP contribution >= 0.6 is 23.2 Å². The van der Waals surface area contributed by atoms with Crippen molar-refractivity contribution in [1.29, 1.82) is 0 Å². The van der Waals surface area contributed by atoms with E-state index in [0.29, 0.717) is 0 Å². The lowest BCUT2D eigenvalue weighted by molar-refractivity contribution is -0.315. The molecule has 0 heterocycles. The average molecular weight is 265 g/mol. The molecule has 0 fully saturated rings. The minimum Gasteiger partial charge on any atom is -0.389 e. The van der Waals surface area contributed by atoms with Crippen LogP contribution in [0.15, 0.2) is 10.4 Å². The Kier molecular flexibility index (Phi) is 4.19. The highest BCUT2D eigenvalue weighted by Crippen LogP contribution is 2.30. The van der Waals surface area contributed by atoms with Crippen LogP contribution in [0, 0.1) is 0 Å². The van der Waals surface area contributed by atoms with Crippen LogP contribution in [-0.2, 0) is 9.47 Å². The fraction of sp³-hybridized carbons (Fsp3) is 0.500. The molecule has 14 heavy (non-hydrogen) atoms. The van der Waals surface area contributed by atoms with Crippen LogP contribution in [0.1, 0.15) is 0 Å². The van der Waals surface area contributed by atoms with E-state index in [1.165, 1.54) is 0 Å². The molecule has 0 atom stereocenters. The third-order valence-electron chi connectivity index (χ3n) is 0.565. The summed E-state index contributed by atoms with van der Waals surface area (Å²) in [5, 5.41) is -3.51. The molecule has 0 unspecified atom stereocenters. The van der Waals surface area contributed by atoms with Crippen molar-refractivity contribution in [1.82, 2.24) is 0 Å². The van der Waals surface area contributed by atoms with Crippen molar-refractivity contribution in [3.8, 4) is 0 Å². The third kappa shape index (κ3) is 6.96. The van der Waals surface area contributed by atoms with Gasteiger partial charge in [-0.2, -0.15) is 0 Å². The Hall–Kier alpha value is -0.500. The van der Waals surface area contributed by atoms with E-state index in [1.54, 1.807) is 0 Å². The number of hydrogen-bond acceptors (Lipinski definition) is 2. The third-order valence-corrected chi connectivity index (χ3v) is 1.16. The van der Waals surface area contributed by atoms with Crippen LogP contribution in [0.3, 0.4) is 0 Å². The zero-order chi connectivity index (χ0) is 11.6. The maximum atomic E-state index is 11.4. The molecule has 0 aliphatic rings. The fourth-order valence-corrected chi connectivity index (χ4v) is 0.536. The first-order valence-electron chi connectivity index (χ1n) is 2.58. The number of alkyl halides is 6. The Labute approximate surface area is 83.0 Å². The molecule has 0 aliphatic carbocycles. The predicted octanol–water partition coefficient (Wildman–Crippen LogP) is 3.66. The molecule has 10 heteroatoms. The zero-order valence-corrected chi connectivity index (χ0v) is 7.35. The van der Waals surface area contributed by atoms with E-state index in [-0.39, 0.29) is 0 Å². The maximum Gasteiger partial charge on any atom is 0.573 e. The largest absolute Gasteiger partial charge is 0.573 e. The van der Waals surface area contributed by atoms with Gasteiger partial charge in [0.1, 0.15) is 0 Å². The summed E-state index contributed by atoms with van der Waals surface area (Å²) in [5.74, 6) is 0. The van der Waals surface area contributed by atoms with E-state index in [9.17, 15) is 26.3 Å². The number of rotatable bonds is 2. The quantitative estimate of drug-likeness (QED) is 0.560. The summed E-state index contributed by atoms with van der Waals surface area (Å²) in [5.41, 5.74) is 0. The maximum absolute atomic E-state index is 11.4. The molecule has 0 bridgehead atoms. The monoisotopic (exact) mass is 264 g/mol. The van der Waals surface area contributed by atoms with Crippen LogP contribution in [-0.4, -0.2) is 12.7 Å². The lowest BCUT2D eigenvalue weighted by Gasteiger charge is -2.11. The molecular weight excluding hydrogens is 265 g/mol. The minimum absolute atomic E-state index is 1.75. The number of halogens is 8. The summed E-state index contributed by atoms with van der Waals surface area (Å²) < 4.78 is 73.8.